The Hall–Kier alpha value is -1.93. The minimum atomic E-state index is -0.476. The van der Waals surface area contributed by atoms with Crippen LogP contribution in [0.25, 0.3) is 0 Å². The summed E-state index contributed by atoms with van der Waals surface area (Å²) in [5.41, 5.74) is 2.05. The highest BCUT2D eigenvalue weighted by Gasteiger charge is 2.37. The number of pyridine rings is 1. The molecule has 104 valence electrons. The average molecular weight is 267 g/mol. The van der Waals surface area contributed by atoms with E-state index < -0.39 is 4.92 Å². The Kier molecular flexibility index (Phi) is 3.82. The fraction of sp³-hybridized carbons (Fsp3) is 0.545. The first-order valence-electron chi connectivity index (χ1n) is 6.01. The average Bonchev–Trinajstić information content (AvgIpc) is 2.37. The normalized spacial score (nSPS) is 16.5. The van der Waals surface area contributed by atoms with Crippen LogP contribution in [0.2, 0.25) is 0 Å². The van der Waals surface area contributed by atoms with E-state index in [-0.39, 0.29) is 17.1 Å². The third-order valence-electron chi connectivity index (χ3n) is 3.49. The fourth-order valence-electron chi connectivity index (χ4n) is 2.08. The summed E-state index contributed by atoms with van der Waals surface area (Å²) in [5.74, 6) is 5.82. The molecule has 19 heavy (non-hydrogen) atoms. The molecular weight excluding hydrogens is 250 g/mol. The molecule has 0 aliphatic heterocycles. The number of methoxy groups -OCH3 is 1. The zero-order chi connectivity index (χ0) is 13.9. The van der Waals surface area contributed by atoms with Gasteiger partial charge in [0.1, 0.15) is 5.82 Å². The van der Waals surface area contributed by atoms with Crippen molar-refractivity contribution in [2.24, 2.45) is 5.84 Å². The summed E-state index contributed by atoms with van der Waals surface area (Å²) >= 11 is 0. The van der Waals surface area contributed by atoms with Crippen molar-refractivity contribution in [2.45, 2.75) is 24.9 Å². The van der Waals surface area contributed by atoms with Crippen molar-refractivity contribution in [3.8, 4) is 0 Å². The first-order valence-corrected chi connectivity index (χ1v) is 6.01. The Morgan fingerprint density at radius 3 is 2.79 bits per heavy atom. The zero-order valence-electron chi connectivity index (χ0n) is 10.7. The number of hydrogen-bond acceptors (Lipinski definition) is 7. The molecule has 2 rings (SSSR count). The Bertz CT molecular complexity index is 470. The summed E-state index contributed by atoms with van der Waals surface area (Å²) in [5, 5.41) is 13.9. The molecule has 0 spiro atoms. The second-order valence-corrected chi connectivity index (χ2v) is 4.56. The van der Waals surface area contributed by atoms with Crippen LogP contribution < -0.4 is 16.6 Å². The number of aromatic nitrogens is 1. The summed E-state index contributed by atoms with van der Waals surface area (Å²) in [4.78, 5) is 14.5. The van der Waals surface area contributed by atoms with Crippen LogP contribution in [0.3, 0.4) is 0 Å². The molecule has 1 aromatic heterocycles. The Balaban J connectivity index is 2.15. The van der Waals surface area contributed by atoms with Gasteiger partial charge in [0.05, 0.1) is 10.5 Å². The topological polar surface area (TPSA) is 115 Å². The maximum absolute atomic E-state index is 10.9. The van der Waals surface area contributed by atoms with Gasteiger partial charge < -0.3 is 15.5 Å². The molecule has 0 aromatic carbocycles. The van der Waals surface area contributed by atoms with Gasteiger partial charge in [-0.3, -0.25) is 10.1 Å². The quantitative estimate of drug-likeness (QED) is 0.403. The second kappa shape index (κ2) is 5.37. The van der Waals surface area contributed by atoms with E-state index in [2.05, 4.69) is 15.7 Å². The molecule has 1 aromatic rings. The minimum Gasteiger partial charge on any atom is -0.376 e. The van der Waals surface area contributed by atoms with Gasteiger partial charge in [-0.25, -0.2) is 10.8 Å². The summed E-state index contributed by atoms with van der Waals surface area (Å²) in [6.07, 6.45) is 2.99. The Morgan fingerprint density at radius 1 is 1.58 bits per heavy atom. The van der Waals surface area contributed by atoms with Crippen LogP contribution in [0.4, 0.5) is 17.3 Å². The van der Waals surface area contributed by atoms with E-state index in [4.69, 9.17) is 10.6 Å². The predicted molar refractivity (Wildman–Crippen MR) is 70.8 cm³/mol. The highest BCUT2D eigenvalue weighted by Crippen LogP contribution is 2.35. The molecule has 0 unspecified atom stereocenters. The number of nitro groups is 1. The van der Waals surface area contributed by atoms with E-state index in [0.29, 0.717) is 12.4 Å². The van der Waals surface area contributed by atoms with Gasteiger partial charge in [0.25, 0.3) is 0 Å². The third kappa shape index (κ3) is 2.74. The summed E-state index contributed by atoms with van der Waals surface area (Å²) in [6, 6.07) is 2.82. The van der Waals surface area contributed by atoms with Gasteiger partial charge in [-0.1, -0.05) is 0 Å². The molecule has 1 fully saturated rings. The third-order valence-corrected chi connectivity index (χ3v) is 3.49. The molecule has 0 radical (unpaired) electrons. The monoisotopic (exact) mass is 267 g/mol. The number of ether oxygens (including phenoxy) is 1. The van der Waals surface area contributed by atoms with Gasteiger partial charge >= 0.3 is 5.69 Å². The molecule has 8 nitrogen and oxygen atoms in total. The molecule has 0 bridgehead atoms. The van der Waals surface area contributed by atoms with Crippen molar-refractivity contribution < 1.29 is 9.66 Å². The standard InChI is InChI=1S/C11H17N5O3/c1-19-11(5-2-6-11)7-13-10-8(16(17)18)3-4-9(14-10)15-12/h3-4H,2,5-7,12H2,1H3,(H2,13,14,15). The maximum atomic E-state index is 10.9. The number of rotatable bonds is 6. The molecule has 0 atom stereocenters. The lowest BCUT2D eigenvalue weighted by Crippen LogP contribution is -2.45. The minimum absolute atomic E-state index is 0.0791. The van der Waals surface area contributed by atoms with Crippen molar-refractivity contribution in [3.63, 3.8) is 0 Å². The highest BCUT2D eigenvalue weighted by atomic mass is 16.6. The number of hydrazine groups is 1. The summed E-state index contributed by atoms with van der Waals surface area (Å²) in [7, 11) is 1.65. The van der Waals surface area contributed by atoms with Crippen molar-refractivity contribution >= 4 is 17.3 Å². The molecule has 8 heteroatoms. The fourth-order valence-corrected chi connectivity index (χ4v) is 2.08. The zero-order valence-corrected chi connectivity index (χ0v) is 10.7. The first kappa shape index (κ1) is 13.5. The van der Waals surface area contributed by atoms with Crippen molar-refractivity contribution in [3.05, 3.63) is 22.2 Å². The van der Waals surface area contributed by atoms with Gasteiger partial charge in [0.15, 0.2) is 0 Å². The van der Waals surface area contributed by atoms with Gasteiger partial charge in [-0.2, -0.15) is 0 Å². The van der Waals surface area contributed by atoms with Crippen LogP contribution in [-0.2, 0) is 4.74 Å². The second-order valence-electron chi connectivity index (χ2n) is 4.56. The van der Waals surface area contributed by atoms with Crippen molar-refractivity contribution in [1.29, 1.82) is 0 Å². The highest BCUT2D eigenvalue weighted by molar-refractivity contribution is 5.60. The molecule has 0 saturated heterocycles. The van der Waals surface area contributed by atoms with Gasteiger partial charge in [0, 0.05) is 19.7 Å². The number of nitrogens with two attached hydrogens (primary N) is 1. The number of hydrogen-bond donors (Lipinski definition) is 3. The molecular formula is C11H17N5O3. The van der Waals surface area contributed by atoms with E-state index in [0.717, 1.165) is 19.3 Å². The molecule has 1 aliphatic rings. The van der Waals surface area contributed by atoms with Crippen LogP contribution in [-0.4, -0.2) is 29.2 Å². The van der Waals surface area contributed by atoms with E-state index in [1.165, 1.54) is 12.1 Å². The molecule has 1 saturated carbocycles. The van der Waals surface area contributed by atoms with E-state index >= 15 is 0 Å². The van der Waals surface area contributed by atoms with E-state index in [1.807, 2.05) is 0 Å². The van der Waals surface area contributed by atoms with Crippen LogP contribution in [0.1, 0.15) is 19.3 Å². The molecule has 1 aliphatic carbocycles. The Morgan fingerprint density at radius 2 is 2.32 bits per heavy atom. The summed E-state index contributed by atoms with van der Waals surface area (Å²) < 4.78 is 5.45. The smallest absolute Gasteiger partial charge is 0.311 e. The molecule has 4 N–H and O–H groups in total. The number of nitrogen functional groups attached to an aromatic ring is 1. The maximum Gasteiger partial charge on any atom is 0.311 e. The Labute approximate surface area is 110 Å². The molecule has 0 amide bonds. The van der Waals surface area contributed by atoms with Gasteiger partial charge in [0.2, 0.25) is 5.82 Å². The van der Waals surface area contributed by atoms with Gasteiger partial charge in [-0.05, 0) is 25.3 Å². The lowest BCUT2D eigenvalue weighted by Gasteiger charge is -2.40. The van der Waals surface area contributed by atoms with E-state index in [1.54, 1.807) is 7.11 Å². The number of anilines is 2. The van der Waals surface area contributed by atoms with Crippen molar-refractivity contribution in [2.75, 3.05) is 24.4 Å². The van der Waals surface area contributed by atoms with Crippen LogP contribution in [0.5, 0.6) is 0 Å². The van der Waals surface area contributed by atoms with Crippen LogP contribution >= 0.6 is 0 Å². The van der Waals surface area contributed by atoms with Crippen LogP contribution in [0, 0.1) is 10.1 Å². The van der Waals surface area contributed by atoms with Crippen molar-refractivity contribution in [1.82, 2.24) is 4.98 Å². The van der Waals surface area contributed by atoms with Gasteiger partial charge in [-0.15, -0.1) is 0 Å². The first-order chi connectivity index (χ1) is 9.10. The SMILES string of the molecule is COC1(CNc2nc(NN)ccc2[N+](=O)[O-])CCC1. The largest absolute Gasteiger partial charge is 0.376 e. The lowest BCUT2D eigenvalue weighted by atomic mass is 9.80. The summed E-state index contributed by atoms with van der Waals surface area (Å²) in [6.45, 7) is 0.491. The number of nitrogens with one attached hydrogen (secondary N) is 2. The molecule has 1 heterocycles. The number of nitrogens with zero attached hydrogens (tertiary/aromatic N) is 2. The van der Waals surface area contributed by atoms with E-state index in [9.17, 15) is 10.1 Å². The predicted octanol–water partition coefficient (Wildman–Crippen LogP) is 1.26. The lowest BCUT2D eigenvalue weighted by molar-refractivity contribution is -0.384. The van der Waals surface area contributed by atoms with Crippen LogP contribution in [0.15, 0.2) is 12.1 Å².